The van der Waals surface area contributed by atoms with E-state index in [2.05, 4.69) is 27.5 Å². The van der Waals surface area contributed by atoms with Crippen LogP contribution in [0.25, 0.3) is 11.1 Å². The molecular weight excluding hydrogens is 432 g/mol. The first-order valence-corrected chi connectivity index (χ1v) is 11.0. The van der Waals surface area contributed by atoms with Gasteiger partial charge in [-0.1, -0.05) is 78.9 Å². The molecule has 0 saturated heterocycles. The van der Waals surface area contributed by atoms with E-state index in [-0.39, 0.29) is 12.5 Å². The molecule has 2 atom stereocenters. The molecule has 4 rings (SSSR count). The van der Waals surface area contributed by atoms with Gasteiger partial charge in [0, 0.05) is 5.92 Å². The number of fused-ring (bicyclic) bond motifs is 3. The van der Waals surface area contributed by atoms with Crippen molar-refractivity contribution in [2.45, 2.75) is 24.9 Å². The van der Waals surface area contributed by atoms with Crippen molar-refractivity contribution in [1.29, 1.82) is 0 Å². The molecule has 0 heterocycles. The zero-order valence-electron chi connectivity index (χ0n) is 19.0. The van der Waals surface area contributed by atoms with Crippen LogP contribution in [0.1, 0.15) is 35.6 Å². The number of hydrogen-bond acceptors (Lipinski definition) is 5. The number of carbonyl (C=O) groups is 3. The molecule has 3 aromatic carbocycles. The van der Waals surface area contributed by atoms with E-state index in [1.54, 1.807) is 24.3 Å². The van der Waals surface area contributed by atoms with Crippen LogP contribution in [-0.2, 0) is 19.1 Å². The van der Waals surface area contributed by atoms with Gasteiger partial charge in [0.25, 0.3) is 0 Å². The molecule has 174 valence electrons. The van der Waals surface area contributed by atoms with Crippen LogP contribution in [0.2, 0.25) is 0 Å². The molecule has 0 bridgehead atoms. The Bertz CT molecular complexity index is 1150. The van der Waals surface area contributed by atoms with Crippen LogP contribution in [0, 0.1) is 0 Å². The third-order valence-corrected chi connectivity index (χ3v) is 5.91. The fraction of sp³-hybridized carbons (Fsp3) is 0.222. The average Bonchev–Trinajstić information content (AvgIpc) is 3.19. The summed E-state index contributed by atoms with van der Waals surface area (Å²) in [7, 11) is 1.24. The number of ether oxygens (including phenoxy) is 2. The van der Waals surface area contributed by atoms with Gasteiger partial charge >= 0.3 is 12.1 Å². The first-order chi connectivity index (χ1) is 16.5. The normalized spacial score (nSPS) is 13.7. The lowest BCUT2D eigenvalue weighted by Crippen LogP contribution is -2.46. The van der Waals surface area contributed by atoms with Crippen molar-refractivity contribution in [2.75, 3.05) is 13.7 Å². The van der Waals surface area contributed by atoms with Crippen LogP contribution >= 0.6 is 0 Å². The second kappa shape index (κ2) is 10.2. The molecule has 1 aliphatic carbocycles. The molecule has 34 heavy (non-hydrogen) atoms. The fourth-order valence-electron chi connectivity index (χ4n) is 4.24. The molecule has 0 radical (unpaired) electrons. The van der Waals surface area contributed by atoms with Gasteiger partial charge in [0.2, 0.25) is 5.91 Å². The van der Waals surface area contributed by atoms with Crippen LogP contribution in [0.4, 0.5) is 4.79 Å². The van der Waals surface area contributed by atoms with Crippen LogP contribution in [-0.4, -0.2) is 37.7 Å². The molecule has 2 amide bonds. The number of hydrogen-bond donors (Lipinski definition) is 2. The largest absolute Gasteiger partial charge is 0.467 e. The topological polar surface area (TPSA) is 93.7 Å². The number of carbonyl (C=O) groups excluding carboxylic acids is 3. The minimum absolute atomic E-state index is 0.0958. The average molecular weight is 459 g/mol. The summed E-state index contributed by atoms with van der Waals surface area (Å²) in [6.45, 7) is 1.64. The van der Waals surface area contributed by atoms with E-state index in [0.717, 1.165) is 22.3 Å². The van der Waals surface area contributed by atoms with E-state index in [9.17, 15) is 14.4 Å². The monoisotopic (exact) mass is 458 g/mol. The Labute approximate surface area is 198 Å². The molecule has 0 aromatic heterocycles. The standard InChI is InChI=1S/C27H26N2O5/c1-17(26(31)33-2)28-25(30)24(18-10-4-3-5-11-18)29-27(32)34-16-23-21-14-8-6-12-19(21)20-13-7-9-15-22(20)23/h3-15,17,23-24H,16H2,1-2H3,(H,28,30)(H,29,32)/t17-,24-/m1/s1. The predicted octanol–water partition coefficient (Wildman–Crippen LogP) is 3.94. The van der Waals surface area contributed by atoms with Crippen LogP contribution in [0.3, 0.4) is 0 Å². The predicted molar refractivity (Wildman–Crippen MR) is 127 cm³/mol. The van der Waals surface area contributed by atoms with Gasteiger partial charge in [0.1, 0.15) is 18.7 Å². The maximum absolute atomic E-state index is 12.9. The van der Waals surface area contributed by atoms with Crippen LogP contribution in [0.5, 0.6) is 0 Å². The highest BCUT2D eigenvalue weighted by Crippen LogP contribution is 2.44. The number of amides is 2. The number of benzene rings is 3. The Balaban J connectivity index is 1.47. The Morgan fingerprint density at radius 3 is 1.97 bits per heavy atom. The summed E-state index contributed by atoms with van der Waals surface area (Å²) in [6, 6.07) is 23.0. The Morgan fingerprint density at radius 2 is 1.38 bits per heavy atom. The molecule has 2 N–H and O–H groups in total. The van der Waals surface area contributed by atoms with Gasteiger partial charge in [-0.3, -0.25) is 4.79 Å². The molecule has 7 heteroatoms. The van der Waals surface area contributed by atoms with Gasteiger partial charge in [0.15, 0.2) is 0 Å². The van der Waals surface area contributed by atoms with E-state index >= 15 is 0 Å². The number of rotatable bonds is 7. The number of esters is 1. The molecule has 0 saturated carbocycles. The Hall–Kier alpha value is -4.13. The van der Waals surface area contributed by atoms with Crippen molar-refractivity contribution in [1.82, 2.24) is 10.6 Å². The molecule has 1 aliphatic rings. The molecule has 0 aliphatic heterocycles. The van der Waals surface area contributed by atoms with Crippen molar-refractivity contribution in [3.63, 3.8) is 0 Å². The first-order valence-electron chi connectivity index (χ1n) is 11.0. The number of alkyl carbamates (subject to hydrolysis) is 1. The lowest BCUT2D eigenvalue weighted by atomic mass is 9.98. The summed E-state index contributed by atoms with van der Waals surface area (Å²) in [5, 5.41) is 5.22. The zero-order valence-corrected chi connectivity index (χ0v) is 19.0. The van der Waals surface area contributed by atoms with Gasteiger partial charge in [-0.05, 0) is 34.7 Å². The minimum atomic E-state index is -1.04. The van der Waals surface area contributed by atoms with Crippen LogP contribution in [0.15, 0.2) is 78.9 Å². The van der Waals surface area contributed by atoms with Gasteiger partial charge in [0.05, 0.1) is 7.11 Å². The summed E-state index contributed by atoms with van der Waals surface area (Å²) in [4.78, 5) is 37.4. The van der Waals surface area contributed by atoms with Gasteiger partial charge in [-0.25, -0.2) is 9.59 Å². The SMILES string of the molecule is COC(=O)[C@@H](C)NC(=O)[C@H](NC(=O)OCC1c2ccccc2-c2ccccc21)c1ccccc1. The Morgan fingerprint density at radius 1 is 0.824 bits per heavy atom. The van der Waals surface area contributed by atoms with Crippen molar-refractivity contribution >= 4 is 18.0 Å². The van der Waals surface area contributed by atoms with Crippen molar-refractivity contribution in [3.8, 4) is 11.1 Å². The maximum atomic E-state index is 12.9. The highest BCUT2D eigenvalue weighted by Gasteiger charge is 2.30. The van der Waals surface area contributed by atoms with Gasteiger partial charge in [-0.2, -0.15) is 0 Å². The lowest BCUT2D eigenvalue weighted by Gasteiger charge is -2.21. The molecule has 0 unspecified atom stereocenters. The third-order valence-electron chi connectivity index (χ3n) is 5.91. The molecule has 7 nitrogen and oxygen atoms in total. The smallest absolute Gasteiger partial charge is 0.408 e. The van der Waals surface area contributed by atoms with E-state index in [4.69, 9.17) is 4.74 Å². The van der Waals surface area contributed by atoms with E-state index in [0.29, 0.717) is 5.56 Å². The molecule has 0 spiro atoms. The highest BCUT2D eigenvalue weighted by atomic mass is 16.5. The van der Waals surface area contributed by atoms with E-state index < -0.39 is 30.1 Å². The van der Waals surface area contributed by atoms with Crippen LogP contribution < -0.4 is 10.6 Å². The van der Waals surface area contributed by atoms with Crippen molar-refractivity contribution in [3.05, 3.63) is 95.6 Å². The highest BCUT2D eigenvalue weighted by molar-refractivity contribution is 5.90. The van der Waals surface area contributed by atoms with Gasteiger partial charge < -0.3 is 20.1 Å². The molecule has 3 aromatic rings. The maximum Gasteiger partial charge on any atom is 0.408 e. The fourth-order valence-corrected chi connectivity index (χ4v) is 4.24. The number of methoxy groups -OCH3 is 1. The second-order valence-corrected chi connectivity index (χ2v) is 8.07. The summed E-state index contributed by atoms with van der Waals surface area (Å²) in [6.07, 6.45) is -0.725. The minimum Gasteiger partial charge on any atom is -0.467 e. The number of nitrogens with one attached hydrogen (secondary N) is 2. The van der Waals surface area contributed by atoms with E-state index in [1.165, 1.54) is 14.0 Å². The zero-order chi connectivity index (χ0) is 24.1. The summed E-state index contributed by atoms with van der Waals surface area (Å²) >= 11 is 0. The first kappa shape index (κ1) is 23.0. The summed E-state index contributed by atoms with van der Waals surface area (Å²) in [5.74, 6) is -1.22. The van der Waals surface area contributed by atoms with Crippen molar-refractivity contribution in [2.24, 2.45) is 0 Å². The molecule has 0 fully saturated rings. The lowest BCUT2D eigenvalue weighted by molar-refractivity contribution is -0.144. The summed E-state index contributed by atoms with van der Waals surface area (Å²) < 4.78 is 10.3. The second-order valence-electron chi connectivity index (χ2n) is 8.07. The summed E-state index contributed by atoms with van der Waals surface area (Å²) in [5.41, 5.74) is 5.02. The quantitative estimate of drug-likeness (QED) is 0.523. The van der Waals surface area contributed by atoms with Gasteiger partial charge in [-0.15, -0.1) is 0 Å². The Kier molecular flexibility index (Phi) is 6.92. The van der Waals surface area contributed by atoms with Crippen molar-refractivity contribution < 1.29 is 23.9 Å². The van der Waals surface area contributed by atoms with E-state index in [1.807, 2.05) is 42.5 Å². The third kappa shape index (κ3) is 4.78. The molecular formula is C27H26N2O5.